The summed E-state index contributed by atoms with van der Waals surface area (Å²) in [6.07, 6.45) is 2.09. The topological polar surface area (TPSA) is 47.3 Å². The molecule has 0 saturated heterocycles. The van der Waals surface area contributed by atoms with Crippen molar-refractivity contribution in [2.24, 2.45) is 5.73 Å². The Morgan fingerprint density at radius 2 is 2.05 bits per heavy atom. The molecule has 1 aromatic rings. The van der Waals surface area contributed by atoms with E-state index in [0.29, 0.717) is 0 Å². The number of rotatable bonds is 8. The van der Waals surface area contributed by atoms with E-state index >= 15 is 0 Å². The normalized spacial score (nSPS) is 11.6. The van der Waals surface area contributed by atoms with E-state index < -0.39 is 0 Å². The number of benzene rings is 1. The Labute approximate surface area is 115 Å². The standard InChI is InChI=1S/C15H25FN2O/c1-15(2,11-18-9-5-4-8-17)13-10-12(16)6-7-14(13)19-3/h6-7,10,18H,4-5,8-9,11,17H2,1-3H3. The van der Waals surface area contributed by atoms with Crippen LogP contribution in [-0.4, -0.2) is 26.7 Å². The predicted molar refractivity (Wildman–Crippen MR) is 77.1 cm³/mol. The second kappa shape index (κ2) is 7.46. The molecular formula is C15H25FN2O. The molecule has 3 nitrogen and oxygen atoms in total. The molecule has 0 atom stereocenters. The largest absolute Gasteiger partial charge is 0.496 e. The first-order chi connectivity index (χ1) is 9.01. The first kappa shape index (κ1) is 15.9. The molecule has 0 fully saturated rings. The molecule has 108 valence electrons. The Kier molecular flexibility index (Phi) is 6.25. The Hall–Kier alpha value is -1.13. The molecule has 0 spiro atoms. The van der Waals surface area contributed by atoms with Crippen molar-refractivity contribution >= 4 is 0 Å². The average Bonchev–Trinajstić information content (AvgIpc) is 2.38. The van der Waals surface area contributed by atoms with E-state index in [1.165, 1.54) is 6.07 Å². The Balaban J connectivity index is 2.67. The number of unbranched alkanes of at least 4 members (excludes halogenated alkanes) is 1. The van der Waals surface area contributed by atoms with Crippen molar-refractivity contribution in [3.05, 3.63) is 29.6 Å². The number of nitrogens with one attached hydrogen (secondary N) is 1. The summed E-state index contributed by atoms with van der Waals surface area (Å²) in [6, 6.07) is 4.66. The maximum Gasteiger partial charge on any atom is 0.123 e. The highest BCUT2D eigenvalue weighted by Gasteiger charge is 2.24. The van der Waals surface area contributed by atoms with Gasteiger partial charge in [-0.2, -0.15) is 0 Å². The van der Waals surface area contributed by atoms with Crippen molar-refractivity contribution in [2.75, 3.05) is 26.7 Å². The maximum atomic E-state index is 13.4. The molecule has 0 amide bonds. The van der Waals surface area contributed by atoms with Crippen LogP contribution in [0.1, 0.15) is 32.3 Å². The number of hydrogen-bond donors (Lipinski definition) is 2. The van der Waals surface area contributed by atoms with Gasteiger partial charge in [0, 0.05) is 17.5 Å². The summed E-state index contributed by atoms with van der Waals surface area (Å²) >= 11 is 0. The van der Waals surface area contributed by atoms with Gasteiger partial charge in [0.15, 0.2) is 0 Å². The van der Waals surface area contributed by atoms with Crippen molar-refractivity contribution < 1.29 is 9.13 Å². The minimum atomic E-state index is -0.230. The van der Waals surface area contributed by atoms with Gasteiger partial charge >= 0.3 is 0 Å². The molecular weight excluding hydrogens is 243 g/mol. The first-order valence-electron chi connectivity index (χ1n) is 6.76. The maximum absolute atomic E-state index is 13.4. The van der Waals surface area contributed by atoms with Crippen molar-refractivity contribution in [2.45, 2.75) is 32.1 Å². The molecule has 0 bridgehead atoms. The summed E-state index contributed by atoms with van der Waals surface area (Å²) in [5.74, 6) is 0.502. The van der Waals surface area contributed by atoms with Crippen molar-refractivity contribution in [3.63, 3.8) is 0 Å². The quantitative estimate of drug-likeness (QED) is 0.712. The zero-order valence-corrected chi connectivity index (χ0v) is 12.1. The summed E-state index contributed by atoms with van der Waals surface area (Å²) in [4.78, 5) is 0. The highest BCUT2D eigenvalue weighted by Crippen LogP contribution is 2.31. The molecule has 0 aliphatic carbocycles. The fraction of sp³-hybridized carbons (Fsp3) is 0.600. The Bertz CT molecular complexity index is 394. The van der Waals surface area contributed by atoms with Gasteiger partial charge in [-0.25, -0.2) is 4.39 Å². The van der Waals surface area contributed by atoms with Crippen LogP contribution in [0.2, 0.25) is 0 Å². The third-order valence-electron chi connectivity index (χ3n) is 3.27. The molecule has 0 saturated carbocycles. The highest BCUT2D eigenvalue weighted by atomic mass is 19.1. The predicted octanol–water partition coefficient (Wildman–Crippen LogP) is 2.44. The van der Waals surface area contributed by atoms with E-state index in [0.717, 1.165) is 43.8 Å². The van der Waals surface area contributed by atoms with Crippen LogP contribution in [0.3, 0.4) is 0 Å². The second-order valence-electron chi connectivity index (χ2n) is 5.40. The molecule has 1 rings (SSSR count). The van der Waals surface area contributed by atoms with Crippen LogP contribution in [-0.2, 0) is 5.41 Å². The van der Waals surface area contributed by atoms with Gasteiger partial charge in [-0.1, -0.05) is 13.8 Å². The molecule has 3 N–H and O–H groups in total. The fourth-order valence-corrected chi connectivity index (χ4v) is 2.10. The second-order valence-corrected chi connectivity index (χ2v) is 5.40. The van der Waals surface area contributed by atoms with Gasteiger partial charge in [0.05, 0.1) is 7.11 Å². The van der Waals surface area contributed by atoms with Crippen LogP contribution >= 0.6 is 0 Å². The van der Waals surface area contributed by atoms with Gasteiger partial charge in [0.25, 0.3) is 0 Å². The lowest BCUT2D eigenvalue weighted by Crippen LogP contribution is -2.34. The molecule has 0 aliphatic heterocycles. The minimum Gasteiger partial charge on any atom is -0.496 e. The van der Waals surface area contributed by atoms with Crippen LogP contribution < -0.4 is 15.8 Å². The van der Waals surface area contributed by atoms with E-state index in [9.17, 15) is 4.39 Å². The van der Waals surface area contributed by atoms with Crippen molar-refractivity contribution in [1.29, 1.82) is 0 Å². The lowest BCUT2D eigenvalue weighted by atomic mass is 9.83. The van der Waals surface area contributed by atoms with Gasteiger partial charge in [-0.3, -0.25) is 0 Å². The van der Waals surface area contributed by atoms with Gasteiger partial charge < -0.3 is 15.8 Å². The van der Waals surface area contributed by atoms with Gasteiger partial charge in [0.2, 0.25) is 0 Å². The van der Waals surface area contributed by atoms with E-state index in [4.69, 9.17) is 10.5 Å². The molecule has 0 aliphatic rings. The van der Waals surface area contributed by atoms with E-state index in [1.807, 2.05) is 0 Å². The average molecular weight is 268 g/mol. The van der Waals surface area contributed by atoms with Crippen LogP contribution in [0.5, 0.6) is 5.75 Å². The van der Waals surface area contributed by atoms with E-state index in [2.05, 4.69) is 19.2 Å². The van der Waals surface area contributed by atoms with Crippen molar-refractivity contribution in [1.82, 2.24) is 5.32 Å². The Morgan fingerprint density at radius 1 is 1.32 bits per heavy atom. The van der Waals surface area contributed by atoms with Crippen LogP contribution in [0.25, 0.3) is 0 Å². The van der Waals surface area contributed by atoms with Gasteiger partial charge in [-0.15, -0.1) is 0 Å². The van der Waals surface area contributed by atoms with E-state index in [-0.39, 0.29) is 11.2 Å². The van der Waals surface area contributed by atoms with Crippen LogP contribution in [0.4, 0.5) is 4.39 Å². The number of halogens is 1. The van der Waals surface area contributed by atoms with Gasteiger partial charge in [0.1, 0.15) is 11.6 Å². The number of nitrogens with two attached hydrogens (primary N) is 1. The van der Waals surface area contributed by atoms with Crippen molar-refractivity contribution in [3.8, 4) is 5.75 Å². The number of methoxy groups -OCH3 is 1. The van der Waals surface area contributed by atoms with E-state index in [1.54, 1.807) is 19.2 Å². The summed E-state index contributed by atoms with van der Waals surface area (Å²) in [6.45, 7) is 6.60. The number of ether oxygens (including phenoxy) is 1. The van der Waals surface area contributed by atoms with Gasteiger partial charge in [-0.05, 0) is 44.1 Å². The number of hydrogen-bond acceptors (Lipinski definition) is 3. The highest BCUT2D eigenvalue weighted by molar-refractivity contribution is 5.39. The Morgan fingerprint density at radius 3 is 2.68 bits per heavy atom. The molecule has 0 aromatic heterocycles. The zero-order chi connectivity index (χ0) is 14.3. The molecule has 4 heteroatoms. The summed E-state index contributed by atoms with van der Waals surface area (Å²) in [7, 11) is 1.61. The summed E-state index contributed by atoms with van der Waals surface area (Å²) < 4.78 is 18.7. The smallest absolute Gasteiger partial charge is 0.123 e. The lowest BCUT2D eigenvalue weighted by molar-refractivity contribution is 0.383. The monoisotopic (exact) mass is 268 g/mol. The third kappa shape index (κ3) is 4.80. The summed E-state index contributed by atoms with van der Waals surface area (Å²) in [5.41, 5.74) is 6.16. The minimum absolute atomic E-state index is 0.184. The third-order valence-corrected chi connectivity index (χ3v) is 3.27. The fourth-order valence-electron chi connectivity index (χ4n) is 2.10. The zero-order valence-electron chi connectivity index (χ0n) is 12.1. The van der Waals surface area contributed by atoms with Crippen LogP contribution in [0.15, 0.2) is 18.2 Å². The molecule has 0 radical (unpaired) electrons. The lowest BCUT2D eigenvalue weighted by Gasteiger charge is -2.27. The molecule has 1 aromatic carbocycles. The van der Waals surface area contributed by atoms with Crippen LogP contribution in [0, 0.1) is 5.82 Å². The molecule has 19 heavy (non-hydrogen) atoms. The molecule has 0 unspecified atom stereocenters. The summed E-state index contributed by atoms with van der Waals surface area (Å²) in [5, 5.41) is 3.40. The first-order valence-corrected chi connectivity index (χ1v) is 6.76. The SMILES string of the molecule is COc1ccc(F)cc1C(C)(C)CNCCCCN. The molecule has 0 heterocycles.